The zero-order valence-electron chi connectivity index (χ0n) is 7.97. The second kappa shape index (κ2) is 3.46. The number of anilines is 1. The van der Waals surface area contributed by atoms with Crippen molar-refractivity contribution in [3.63, 3.8) is 0 Å². The van der Waals surface area contributed by atoms with Gasteiger partial charge in [0, 0.05) is 5.69 Å². The minimum Gasteiger partial charge on any atom is -0.393 e. The van der Waals surface area contributed by atoms with E-state index in [0.29, 0.717) is 5.57 Å². The molecule has 0 bridgehead atoms. The Kier molecular flexibility index (Phi) is 2.14. The molecule has 0 saturated heterocycles. The van der Waals surface area contributed by atoms with Crippen LogP contribution in [0.15, 0.2) is 41.6 Å². The van der Waals surface area contributed by atoms with Crippen LogP contribution >= 0.6 is 0 Å². The Morgan fingerprint density at radius 1 is 1.33 bits per heavy atom. The molecule has 1 aromatic rings. The van der Waals surface area contributed by atoms with Gasteiger partial charge in [-0.2, -0.15) is 5.26 Å². The molecule has 1 aliphatic heterocycles. The molecule has 1 heterocycles. The van der Waals surface area contributed by atoms with Gasteiger partial charge in [-0.05, 0) is 12.1 Å². The van der Waals surface area contributed by atoms with Crippen LogP contribution in [-0.4, -0.2) is 12.5 Å². The molecule has 0 aromatic heterocycles. The van der Waals surface area contributed by atoms with Crippen LogP contribution in [0.5, 0.6) is 0 Å². The van der Waals surface area contributed by atoms with Crippen molar-refractivity contribution in [2.75, 3.05) is 11.4 Å². The van der Waals surface area contributed by atoms with Gasteiger partial charge in [0.2, 0.25) is 0 Å². The smallest absolute Gasteiger partial charge is 0.275 e. The second-order valence-electron chi connectivity index (χ2n) is 3.23. The molecule has 4 heteroatoms. The lowest BCUT2D eigenvalue weighted by atomic mass is 10.3. The molecule has 15 heavy (non-hydrogen) atoms. The Hall–Kier alpha value is -2.28. The van der Waals surface area contributed by atoms with Crippen molar-refractivity contribution < 1.29 is 4.79 Å². The quantitative estimate of drug-likeness (QED) is 0.726. The highest BCUT2D eigenvalue weighted by atomic mass is 16.2. The van der Waals surface area contributed by atoms with Crippen LogP contribution in [0.4, 0.5) is 5.69 Å². The summed E-state index contributed by atoms with van der Waals surface area (Å²) >= 11 is 0. The average Bonchev–Trinajstić information content (AvgIpc) is 2.57. The van der Waals surface area contributed by atoms with Crippen LogP contribution in [0.1, 0.15) is 0 Å². The number of nitriles is 1. The highest BCUT2D eigenvalue weighted by Crippen LogP contribution is 2.22. The molecule has 0 fully saturated rings. The van der Waals surface area contributed by atoms with Gasteiger partial charge < -0.3 is 10.6 Å². The number of nitrogens with two attached hydrogens (primary N) is 1. The third kappa shape index (κ3) is 1.44. The van der Waals surface area contributed by atoms with Gasteiger partial charge in [-0.3, -0.25) is 4.79 Å². The molecule has 1 aromatic carbocycles. The molecule has 0 saturated carbocycles. The summed E-state index contributed by atoms with van der Waals surface area (Å²) in [7, 11) is 0. The Bertz CT molecular complexity index is 470. The van der Waals surface area contributed by atoms with Gasteiger partial charge in [0.1, 0.15) is 5.70 Å². The Morgan fingerprint density at radius 2 is 2.00 bits per heavy atom. The summed E-state index contributed by atoms with van der Waals surface area (Å²) in [6.07, 6.45) is 0. The van der Waals surface area contributed by atoms with E-state index in [1.165, 1.54) is 4.90 Å². The predicted molar refractivity (Wildman–Crippen MR) is 55.6 cm³/mol. The van der Waals surface area contributed by atoms with E-state index in [4.69, 9.17) is 11.0 Å². The largest absolute Gasteiger partial charge is 0.393 e. The molecule has 1 aliphatic rings. The molecule has 2 N–H and O–H groups in total. The van der Waals surface area contributed by atoms with Gasteiger partial charge in [-0.15, -0.1) is 0 Å². The molecule has 0 aliphatic carbocycles. The maximum absolute atomic E-state index is 11.7. The van der Waals surface area contributed by atoms with E-state index in [2.05, 4.69) is 0 Å². The number of rotatable bonds is 1. The number of hydrogen-bond acceptors (Lipinski definition) is 3. The van der Waals surface area contributed by atoms with Gasteiger partial charge in [0.15, 0.2) is 0 Å². The molecule has 74 valence electrons. The number of carbonyl (C=O) groups excluding carboxylic acids is 1. The summed E-state index contributed by atoms with van der Waals surface area (Å²) in [6.45, 7) is 0.269. The van der Waals surface area contributed by atoms with Crippen molar-refractivity contribution in [3.05, 3.63) is 41.6 Å². The molecular formula is C11H9N3O. The van der Waals surface area contributed by atoms with Gasteiger partial charge in [-0.25, -0.2) is 0 Å². The van der Waals surface area contributed by atoms with Crippen LogP contribution < -0.4 is 10.6 Å². The van der Waals surface area contributed by atoms with Crippen molar-refractivity contribution in [2.45, 2.75) is 0 Å². The molecule has 1 amide bonds. The van der Waals surface area contributed by atoms with Crippen LogP contribution in [0.25, 0.3) is 0 Å². The minimum atomic E-state index is -0.294. The molecule has 0 spiro atoms. The molecule has 0 atom stereocenters. The Morgan fingerprint density at radius 3 is 2.53 bits per heavy atom. The molecule has 4 nitrogen and oxygen atoms in total. The number of nitrogens with zero attached hydrogens (tertiary/aromatic N) is 2. The summed E-state index contributed by atoms with van der Waals surface area (Å²) in [5.74, 6) is -0.294. The highest BCUT2D eigenvalue weighted by Gasteiger charge is 2.29. The van der Waals surface area contributed by atoms with Gasteiger partial charge >= 0.3 is 0 Å². The van der Waals surface area contributed by atoms with Crippen molar-refractivity contribution in [1.82, 2.24) is 0 Å². The maximum atomic E-state index is 11.7. The number of para-hydroxylation sites is 1. The van der Waals surface area contributed by atoms with Crippen LogP contribution in [0.2, 0.25) is 0 Å². The second-order valence-corrected chi connectivity index (χ2v) is 3.23. The first-order chi connectivity index (χ1) is 7.24. The summed E-state index contributed by atoms with van der Waals surface area (Å²) in [5, 5.41) is 8.75. The van der Waals surface area contributed by atoms with Crippen molar-refractivity contribution >= 4 is 11.6 Å². The summed E-state index contributed by atoms with van der Waals surface area (Å²) in [4.78, 5) is 13.2. The zero-order chi connectivity index (χ0) is 10.8. The standard InChI is InChI=1S/C11H9N3O/c12-6-8-7-14(11(15)10(8)13)9-4-2-1-3-5-9/h1-5H,7,13H2. The lowest BCUT2D eigenvalue weighted by Gasteiger charge is -2.15. The van der Waals surface area contributed by atoms with E-state index in [1.807, 2.05) is 36.4 Å². The number of amides is 1. The summed E-state index contributed by atoms with van der Waals surface area (Å²) in [6, 6.07) is 11.1. The zero-order valence-corrected chi connectivity index (χ0v) is 7.97. The van der Waals surface area contributed by atoms with Gasteiger partial charge in [-0.1, -0.05) is 18.2 Å². The fourth-order valence-electron chi connectivity index (χ4n) is 1.50. The van der Waals surface area contributed by atoms with E-state index >= 15 is 0 Å². The lowest BCUT2D eigenvalue weighted by Crippen LogP contribution is -2.28. The monoisotopic (exact) mass is 199 g/mol. The SMILES string of the molecule is N#CC1=C(N)C(=O)N(c2ccccc2)C1. The van der Waals surface area contributed by atoms with E-state index in [1.54, 1.807) is 0 Å². The van der Waals surface area contributed by atoms with E-state index in [0.717, 1.165) is 5.69 Å². The molecular weight excluding hydrogens is 190 g/mol. The molecule has 0 unspecified atom stereocenters. The first kappa shape index (κ1) is 9.28. The molecule has 0 radical (unpaired) electrons. The third-order valence-corrected chi connectivity index (χ3v) is 2.32. The van der Waals surface area contributed by atoms with Crippen molar-refractivity contribution in [1.29, 1.82) is 5.26 Å². The number of hydrogen-bond donors (Lipinski definition) is 1. The van der Waals surface area contributed by atoms with Crippen molar-refractivity contribution in [3.8, 4) is 6.07 Å². The van der Waals surface area contributed by atoms with Crippen molar-refractivity contribution in [2.24, 2.45) is 5.73 Å². The van der Waals surface area contributed by atoms with E-state index < -0.39 is 0 Å². The maximum Gasteiger partial charge on any atom is 0.275 e. The number of benzene rings is 1. The van der Waals surface area contributed by atoms with E-state index in [-0.39, 0.29) is 18.1 Å². The molecule has 2 rings (SSSR count). The minimum absolute atomic E-state index is 0.0568. The van der Waals surface area contributed by atoms with Crippen LogP contribution in [0.3, 0.4) is 0 Å². The number of carbonyl (C=O) groups is 1. The summed E-state index contributed by atoms with van der Waals surface area (Å²) in [5.41, 5.74) is 6.68. The first-order valence-electron chi connectivity index (χ1n) is 4.49. The van der Waals surface area contributed by atoms with Crippen LogP contribution in [-0.2, 0) is 4.79 Å². The Labute approximate surface area is 87.2 Å². The Balaban J connectivity index is 2.33. The third-order valence-electron chi connectivity index (χ3n) is 2.32. The highest BCUT2D eigenvalue weighted by molar-refractivity contribution is 6.09. The topological polar surface area (TPSA) is 70.1 Å². The van der Waals surface area contributed by atoms with Gasteiger partial charge in [0.25, 0.3) is 5.91 Å². The van der Waals surface area contributed by atoms with Crippen LogP contribution in [0, 0.1) is 11.3 Å². The predicted octanol–water partition coefficient (Wildman–Crippen LogP) is 0.770. The lowest BCUT2D eigenvalue weighted by molar-refractivity contribution is -0.114. The normalized spacial score (nSPS) is 15.7. The van der Waals surface area contributed by atoms with E-state index in [9.17, 15) is 4.79 Å². The fourth-order valence-corrected chi connectivity index (χ4v) is 1.50. The fraction of sp³-hybridized carbons (Fsp3) is 0.0909. The van der Waals surface area contributed by atoms with Gasteiger partial charge in [0.05, 0.1) is 18.2 Å². The first-order valence-corrected chi connectivity index (χ1v) is 4.49. The summed E-state index contributed by atoms with van der Waals surface area (Å²) < 4.78 is 0. The average molecular weight is 199 g/mol.